The van der Waals surface area contributed by atoms with Crippen LogP contribution < -0.4 is 10.3 Å². The first-order chi connectivity index (χ1) is 12.7. The zero-order chi connectivity index (χ0) is 17.9. The third kappa shape index (κ3) is 3.36. The number of pyridine rings is 1. The lowest BCUT2D eigenvalue weighted by atomic mass is 9.93. The lowest BCUT2D eigenvalue weighted by Gasteiger charge is -2.18. The molecule has 1 aliphatic rings. The molecule has 130 valence electrons. The smallest absolute Gasteiger partial charge is 0.258 e. The molecule has 0 radical (unpaired) electrons. The average molecular weight is 364 g/mol. The summed E-state index contributed by atoms with van der Waals surface area (Å²) in [7, 11) is 0. The zero-order valence-electron chi connectivity index (χ0n) is 13.9. The number of rotatable bonds is 5. The van der Waals surface area contributed by atoms with Crippen molar-refractivity contribution >= 4 is 29.4 Å². The topological polar surface area (TPSA) is 61.2 Å². The average Bonchev–Trinajstić information content (AvgIpc) is 3.19. The summed E-state index contributed by atoms with van der Waals surface area (Å²) in [6, 6.07) is 8.92. The van der Waals surface area contributed by atoms with Gasteiger partial charge in [-0.3, -0.25) is 14.2 Å². The third-order valence-corrected chi connectivity index (χ3v) is 5.08. The molecule has 0 saturated heterocycles. The van der Waals surface area contributed by atoms with Crippen LogP contribution >= 0.6 is 11.3 Å². The summed E-state index contributed by atoms with van der Waals surface area (Å²) in [4.78, 5) is 27.6. The van der Waals surface area contributed by atoms with E-state index in [4.69, 9.17) is 4.74 Å². The van der Waals surface area contributed by atoms with E-state index in [2.05, 4.69) is 4.98 Å². The Morgan fingerprint density at radius 2 is 2.15 bits per heavy atom. The maximum Gasteiger partial charge on any atom is 0.258 e. The fourth-order valence-electron chi connectivity index (χ4n) is 3.02. The number of hydrogen-bond donors (Lipinski definition) is 0. The Bertz CT molecular complexity index is 1040. The fourth-order valence-corrected chi connectivity index (χ4v) is 3.55. The molecule has 2 heterocycles. The quantitative estimate of drug-likeness (QED) is 0.649. The van der Waals surface area contributed by atoms with E-state index in [0.717, 1.165) is 41.0 Å². The van der Waals surface area contributed by atoms with Gasteiger partial charge in [0.15, 0.2) is 0 Å². The molecular formula is C20H16N2O3S. The summed E-state index contributed by atoms with van der Waals surface area (Å²) in [5, 5.41) is 2.76. The SMILES string of the molecule is O=Cc1ccc2c(c1)CCC(n1ccc(OCc3nccs3)cc1=O)=C2. The molecule has 0 N–H and O–H groups in total. The van der Waals surface area contributed by atoms with Crippen molar-refractivity contribution in [2.24, 2.45) is 0 Å². The van der Waals surface area contributed by atoms with Gasteiger partial charge in [0.05, 0.1) is 0 Å². The van der Waals surface area contributed by atoms with E-state index in [-0.39, 0.29) is 5.56 Å². The lowest BCUT2D eigenvalue weighted by Crippen LogP contribution is -2.19. The number of carbonyl (C=O) groups is 1. The van der Waals surface area contributed by atoms with E-state index in [1.807, 2.05) is 23.6 Å². The van der Waals surface area contributed by atoms with Gasteiger partial charge in [-0.1, -0.05) is 12.1 Å². The molecule has 26 heavy (non-hydrogen) atoms. The van der Waals surface area contributed by atoms with Gasteiger partial charge < -0.3 is 4.74 Å². The highest BCUT2D eigenvalue weighted by Crippen LogP contribution is 2.27. The third-order valence-electron chi connectivity index (χ3n) is 4.32. The molecule has 5 nitrogen and oxygen atoms in total. The van der Waals surface area contributed by atoms with E-state index >= 15 is 0 Å². The van der Waals surface area contributed by atoms with Crippen LogP contribution in [0.2, 0.25) is 0 Å². The van der Waals surface area contributed by atoms with Crippen LogP contribution in [0.3, 0.4) is 0 Å². The monoisotopic (exact) mass is 364 g/mol. The van der Waals surface area contributed by atoms with Crippen LogP contribution in [0.5, 0.6) is 5.75 Å². The Hall–Kier alpha value is -2.99. The second kappa shape index (κ2) is 7.09. The maximum absolute atomic E-state index is 12.5. The number of nitrogens with zero attached hydrogens (tertiary/aromatic N) is 2. The van der Waals surface area contributed by atoms with Crippen molar-refractivity contribution in [3.63, 3.8) is 0 Å². The number of benzene rings is 1. The summed E-state index contributed by atoms with van der Waals surface area (Å²) in [6.45, 7) is 0.357. The van der Waals surface area contributed by atoms with Crippen LogP contribution in [0.25, 0.3) is 11.8 Å². The van der Waals surface area contributed by atoms with Crippen molar-refractivity contribution < 1.29 is 9.53 Å². The first-order valence-electron chi connectivity index (χ1n) is 8.26. The lowest BCUT2D eigenvalue weighted by molar-refractivity contribution is 0.112. The Labute approximate surface area is 154 Å². The van der Waals surface area contributed by atoms with Gasteiger partial charge in [-0.05, 0) is 42.2 Å². The van der Waals surface area contributed by atoms with Crippen LogP contribution in [0.1, 0.15) is 32.9 Å². The van der Waals surface area contributed by atoms with Crippen molar-refractivity contribution in [1.29, 1.82) is 0 Å². The molecule has 3 aromatic rings. The molecular weight excluding hydrogens is 348 g/mol. The van der Waals surface area contributed by atoms with Crippen molar-refractivity contribution in [1.82, 2.24) is 9.55 Å². The Morgan fingerprint density at radius 3 is 2.92 bits per heavy atom. The number of fused-ring (bicyclic) bond motifs is 1. The molecule has 0 unspecified atom stereocenters. The Kier molecular flexibility index (Phi) is 4.50. The number of aryl methyl sites for hydroxylation is 1. The molecule has 4 rings (SSSR count). The summed E-state index contributed by atoms with van der Waals surface area (Å²) in [5.41, 5.74) is 3.68. The normalized spacial score (nSPS) is 13.0. The second-order valence-electron chi connectivity index (χ2n) is 6.00. The predicted octanol–water partition coefficient (Wildman–Crippen LogP) is 3.64. The largest absolute Gasteiger partial charge is 0.486 e. The molecule has 0 fully saturated rings. The minimum absolute atomic E-state index is 0.124. The molecule has 0 aliphatic heterocycles. The van der Waals surface area contributed by atoms with Crippen molar-refractivity contribution in [3.8, 4) is 5.75 Å². The minimum Gasteiger partial charge on any atom is -0.486 e. The van der Waals surface area contributed by atoms with Crippen LogP contribution in [0, 0.1) is 0 Å². The van der Waals surface area contributed by atoms with E-state index < -0.39 is 0 Å². The maximum atomic E-state index is 12.5. The molecule has 0 atom stereocenters. The van der Waals surface area contributed by atoms with Gasteiger partial charge >= 0.3 is 0 Å². The van der Waals surface area contributed by atoms with E-state index in [9.17, 15) is 9.59 Å². The van der Waals surface area contributed by atoms with Crippen LogP contribution in [-0.2, 0) is 13.0 Å². The standard InChI is InChI=1S/C20H16N2O3S/c23-12-14-1-2-16-10-17(4-3-15(16)9-14)22-7-5-18(11-20(22)24)25-13-19-21-6-8-26-19/h1-2,5-12H,3-4,13H2. The van der Waals surface area contributed by atoms with E-state index in [1.165, 1.54) is 17.4 Å². The fraction of sp³-hybridized carbons (Fsp3) is 0.150. The van der Waals surface area contributed by atoms with Gasteiger partial charge in [-0.2, -0.15) is 0 Å². The first kappa shape index (κ1) is 16.5. The van der Waals surface area contributed by atoms with E-state index in [0.29, 0.717) is 17.9 Å². The number of thiazole rings is 1. The molecule has 0 spiro atoms. The van der Waals surface area contributed by atoms with E-state index in [1.54, 1.807) is 29.1 Å². The Morgan fingerprint density at radius 1 is 1.23 bits per heavy atom. The highest BCUT2D eigenvalue weighted by atomic mass is 32.1. The number of aldehydes is 1. The van der Waals surface area contributed by atoms with Gasteiger partial charge in [-0.25, -0.2) is 4.98 Å². The van der Waals surface area contributed by atoms with Crippen molar-refractivity contribution in [3.05, 3.63) is 80.2 Å². The molecule has 1 aliphatic carbocycles. The molecule has 0 bridgehead atoms. The molecule has 6 heteroatoms. The minimum atomic E-state index is -0.124. The highest BCUT2D eigenvalue weighted by Gasteiger charge is 2.13. The number of aromatic nitrogens is 2. The number of hydrogen-bond acceptors (Lipinski definition) is 5. The van der Waals surface area contributed by atoms with Crippen LogP contribution in [-0.4, -0.2) is 15.8 Å². The summed E-state index contributed by atoms with van der Waals surface area (Å²) in [6.07, 6.45) is 7.88. The summed E-state index contributed by atoms with van der Waals surface area (Å²) >= 11 is 1.52. The number of ether oxygens (including phenoxy) is 1. The summed E-state index contributed by atoms with van der Waals surface area (Å²) in [5.74, 6) is 0.536. The number of carbonyl (C=O) groups excluding carboxylic acids is 1. The highest BCUT2D eigenvalue weighted by molar-refractivity contribution is 7.09. The first-order valence-corrected chi connectivity index (χ1v) is 9.14. The van der Waals surface area contributed by atoms with Gasteiger partial charge in [0, 0.05) is 35.1 Å². The van der Waals surface area contributed by atoms with Crippen LogP contribution in [0.4, 0.5) is 0 Å². The van der Waals surface area contributed by atoms with Gasteiger partial charge in [0.25, 0.3) is 5.56 Å². The van der Waals surface area contributed by atoms with Crippen molar-refractivity contribution in [2.75, 3.05) is 0 Å². The molecule has 2 aromatic heterocycles. The van der Waals surface area contributed by atoms with Gasteiger partial charge in [-0.15, -0.1) is 11.3 Å². The number of allylic oxidation sites excluding steroid dienone is 1. The Balaban J connectivity index is 1.56. The zero-order valence-corrected chi connectivity index (χ0v) is 14.7. The molecule has 0 saturated carbocycles. The van der Waals surface area contributed by atoms with Gasteiger partial charge in [0.1, 0.15) is 23.7 Å². The predicted molar refractivity (Wildman–Crippen MR) is 101 cm³/mol. The summed E-state index contributed by atoms with van der Waals surface area (Å²) < 4.78 is 7.28. The van der Waals surface area contributed by atoms with Crippen molar-refractivity contribution in [2.45, 2.75) is 19.4 Å². The molecule has 1 aromatic carbocycles. The molecule has 0 amide bonds. The van der Waals surface area contributed by atoms with Gasteiger partial charge in [0.2, 0.25) is 0 Å². The van der Waals surface area contributed by atoms with Crippen LogP contribution in [0.15, 0.2) is 52.9 Å². The second-order valence-corrected chi connectivity index (χ2v) is 6.98.